The van der Waals surface area contributed by atoms with Gasteiger partial charge in [0.2, 0.25) is 0 Å². The minimum atomic E-state index is -4.46. The topological polar surface area (TPSA) is 83.7 Å². The van der Waals surface area contributed by atoms with E-state index in [1.807, 2.05) is 30.3 Å². The SMILES string of the molecule is O=C(O)c1ccc(CNC(=O)c2cc(-c3ccccc3)cn3ncc(Cc4cccc(C(F)(F)F)c4)c23)cc1. The van der Waals surface area contributed by atoms with Gasteiger partial charge in [-0.2, -0.15) is 18.3 Å². The summed E-state index contributed by atoms with van der Waals surface area (Å²) in [4.78, 5) is 24.6. The number of carboxylic acid groups (broad SMARTS) is 1. The fourth-order valence-corrected chi connectivity index (χ4v) is 4.40. The van der Waals surface area contributed by atoms with Crippen molar-refractivity contribution in [1.29, 1.82) is 0 Å². The number of fused-ring (bicyclic) bond motifs is 1. The maximum Gasteiger partial charge on any atom is 0.416 e. The maximum atomic E-state index is 13.5. The minimum absolute atomic E-state index is 0.140. The van der Waals surface area contributed by atoms with Crippen molar-refractivity contribution in [2.45, 2.75) is 19.1 Å². The smallest absolute Gasteiger partial charge is 0.416 e. The predicted molar refractivity (Wildman–Crippen MR) is 139 cm³/mol. The number of hydrogen-bond donors (Lipinski definition) is 2. The molecular formula is C30H22F3N3O3. The highest BCUT2D eigenvalue weighted by atomic mass is 19.4. The van der Waals surface area contributed by atoms with Gasteiger partial charge in [-0.3, -0.25) is 4.79 Å². The van der Waals surface area contributed by atoms with Crippen molar-refractivity contribution in [1.82, 2.24) is 14.9 Å². The van der Waals surface area contributed by atoms with Crippen molar-refractivity contribution in [3.05, 3.63) is 131 Å². The van der Waals surface area contributed by atoms with Crippen molar-refractivity contribution >= 4 is 17.4 Å². The zero-order valence-electron chi connectivity index (χ0n) is 20.4. The first-order valence-electron chi connectivity index (χ1n) is 12.0. The van der Waals surface area contributed by atoms with Crippen LogP contribution in [0.15, 0.2) is 97.3 Å². The van der Waals surface area contributed by atoms with Crippen LogP contribution in [0.1, 0.15) is 43.0 Å². The number of carbonyl (C=O) groups is 2. The molecule has 0 saturated heterocycles. The molecule has 2 aromatic heterocycles. The number of aromatic carboxylic acids is 1. The number of carboxylic acids is 1. The molecule has 6 nitrogen and oxygen atoms in total. The molecule has 5 aromatic rings. The first kappa shape index (κ1) is 25.7. The molecule has 5 rings (SSSR count). The number of nitrogens with one attached hydrogen (secondary N) is 1. The highest BCUT2D eigenvalue weighted by Crippen LogP contribution is 2.31. The number of halogens is 3. The molecule has 0 bridgehead atoms. The summed E-state index contributed by atoms with van der Waals surface area (Å²) in [5.74, 6) is -1.44. The molecule has 0 aliphatic rings. The van der Waals surface area contributed by atoms with Gasteiger partial charge in [-0.1, -0.05) is 60.7 Å². The zero-order chi connectivity index (χ0) is 27.6. The zero-order valence-corrected chi connectivity index (χ0v) is 20.4. The summed E-state index contributed by atoms with van der Waals surface area (Å²) in [6, 6.07) is 22.4. The van der Waals surface area contributed by atoms with Gasteiger partial charge in [0.25, 0.3) is 5.91 Å². The molecular weight excluding hydrogens is 507 g/mol. The molecule has 0 fully saturated rings. The molecule has 0 spiro atoms. The van der Waals surface area contributed by atoms with E-state index in [-0.39, 0.29) is 18.5 Å². The molecule has 0 aliphatic heterocycles. The Morgan fingerprint density at radius 2 is 1.62 bits per heavy atom. The fraction of sp³-hybridized carbons (Fsp3) is 0.100. The van der Waals surface area contributed by atoms with Crippen LogP contribution in [-0.4, -0.2) is 26.6 Å². The lowest BCUT2D eigenvalue weighted by Crippen LogP contribution is -2.24. The lowest BCUT2D eigenvalue weighted by molar-refractivity contribution is -0.137. The number of pyridine rings is 1. The molecule has 0 radical (unpaired) electrons. The molecule has 0 saturated carbocycles. The van der Waals surface area contributed by atoms with Crippen LogP contribution in [0, 0.1) is 0 Å². The number of amides is 1. The number of rotatable bonds is 7. The Morgan fingerprint density at radius 1 is 0.872 bits per heavy atom. The summed E-state index contributed by atoms with van der Waals surface area (Å²) < 4.78 is 41.4. The molecule has 0 unspecified atom stereocenters. The number of hydrogen-bond acceptors (Lipinski definition) is 3. The highest BCUT2D eigenvalue weighted by molar-refractivity contribution is 6.02. The van der Waals surface area contributed by atoms with Crippen molar-refractivity contribution in [3.8, 4) is 11.1 Å². The average Bonchev–Trinajstić information content (AvgIpc) is 3.34. The Morgan fingerprint density at radius 3 is 2.31 bits per heavy atom. The van der Waals surface area contributed by atoms with E-state index in [1.54, 1.807) is 41.2 Å². The lowest BCUT2D eigenvalue weighted by atomic mass is 9.99. The van der Waals surface area contributed by atoms with E-state index in [9.17, 15) is 22.8 Å². The van der Waals surface area contributed by atoms with E-state index >= 15 is 0 Å². The van der Waals surface area contributed by atoms with Crippen LogP contribution in [0.5, 0.6) is 0 Å². The summed E-state index contributed by atoms with van der Waals surface area (Å²) >= 11 is 0. The predicted octanol–water partition coefficient (Wildman–Crippen LogP) is 6.24. The molecule has 39 heavy (non-hydrogen) atoms. The van der Waals surface area contributed by atoms with Gasteiger partial charge in [-0.15, -0.1) is 0 Å². The summed E-state index contributed by atoms with van der Waals surface area (Å²) in [5, 5.41) is 16.4. The Bertz CT molecular complexity index is 1660. The Hall–Kier alpha value is -4.92. The van der Waals surface area contributed by atoms with Gasteiger partial charge in [0.1, 0.15) is 0 Å². The maximum absolute atomic E-state index is 13.5. The van der Waals surface area contributed by atoms with E-state index in [0.29, 0.717) is 27.8 Å². The van der Waals surface area contributed by atoms with Crippen LogP contribution in [0.25, 0.3) is 16.6 Å². The second-order valence-electron chi connectivity index (χ2n) is 9.03. The highest BCUT2D eigenvalue weighted by Gasteiger charge is 2.30. The number of nitrogens with zero attached hydrogens (tertiary/aromatic N) is 2. The van der Waals surface area contributed by atoms with E-state index in [4.69, 9.17) is 5.11 Å². The first-order chi connectivity index (χ1) is 18.7. The Labute approximate surface area is 221 Å². The summed E-state index contributed by atoms with van der Waals surface area (Å²) in [6.07, 6.45) is -0.974. The fourth-order valence-electron chi connectivity index (χ4n) is 4.40. The van der Waals surface area contributed by atoms with E-state index < -0.39 is 23.6 Å². The molecule has 0 atom stereocenters. The number of alkyl halides is 3. The molecule has 1 amide bonds. The summed E-state index contributed by atoms with van der Waals surface area (Å²) in [6.45, 7) is 0.150. The standard InChI is InChI=1S/C30H22F3N3O3/c31-30(32,33)25-8-4-5-20(14-25)13-23-17-35-36-18-24(21-6-2-1-3-7-21)15-26(27(23)36)28(37)34-16-19-9-11-22(12-10-19)29(38)39/h1-12,14-15,17-18H,13,16H2,(H,34,37)(H,38,39). The number of aromatic nitrogens is 2. The van der Waals surface area contributed by atoms with Gasteiger partial charge < -0.3 is 10.4 Å². The van der Waals surface area contributed by atoms with Gasteiger partial charge in [0.15, 0.2) is 0 Å². The average molecular weight is 530 g/mol. The molecule has 3 aromatic carbocycles. The normalized spacial score (nSPS) is 11.5. The van der Waals surface area contributed by atoms with Crippen LogP contribution in [0.4, 0.5) is 13.2 Å². The van der Waals surface area contributed by atoms with Crippen LogP contribution in [0.2, 0.25) is 0 Å². The van der Waals surface area contributed by atoms with Gasteiger partial charge in [0, 0.05) is 30.3 Å². The van der Waals surface area contributed by atoms with Crippen LogP contribution in [-0.2, 0) is 19.1 Å². The second-order valence-corrected chi connectivity index (χ2v) is 9.03. The lowest BCUT2D eigenvalue weighted by Gasteiger charge is -2.12. The third-order valence-electron chi connectivity index (χ3n) is 6.34. The molecule has 0 aliphatic carbocycles. The summed E-state index contributed by atoms with van der Waals surface area (Å²) in [7, 11) is 0. The second kappa shape index (κ2) is 10.4. The third kappa shape index (κ3) is 5.67. The van der Waals surface area contributed by atoms with Gasteiger partial charge in [0.05, 0.1) is 28.4 Å². The number of benzene rings is 3. The van der Waals surface area contributed by atoms with Crippen LogP contribution in [0.3, 0.4) is 0 Å². The number of carbonyl (C=O) groups excluding carboxylic acids is 1. The third-order valence-corrected chi connectivity index (χ3v) is 6.34. The van der Waals surface area contributed by atoms with E-state index in [0.717, 1.165) is 23.3 Å². The van der Waals surface area contributed by atoms with E-state index in [1.165, 1.54) is 18.2 Å². The first-order valence-corrected chi connectivity index (χ1v) is 12.0. The van der Waals surface area contributed by atoms with Crippen LogP contribution < -0.4 is 5.32 Å². The molecule has 2 N–H and O–H groups in total. The van der Waals surface area contributed by atoms with Crippen LogP contribution >= 0.6 is 0 Å². The molecule has 9 heteroatoms. The van der Waals surface area contributed by atoms with Crippen molar-refractivity contribution in [2.75, 3.05) is 0 Å². The Balaban J connectivity index is 1.51. The monoisotopic (exact) mass is 529 g/mol. The van der Waals surface area contributed by atoms with Gasteiger partial charge in [-0.25, -0.2) is 9.31 Å². The van der Waals surface area contributed by atoms with Gasteiger partial charge in [-0.05, 0) is 41.0 Å². The van der Waals surface area contributed by atoms with Crippen molar-refractivity contribution in [3.63, 3.8) is 0 Å². The van der Waals surface area contributed by atoms with E-state index in [2.05, 4.69) is 10.4 Å². The Kier molecular flexibility index (Phi) is 6.89. The minimum Gasteiger partial charge on any atom is -0.478 e. The van der Waals surface area contributed by atoms with Crippen molar-refractivity contribution < 1.29 is 27.9 Å². The van der Waals surface area contributed by atoms with Crippen molar-refractivity contribution in [2.24, 2.45) is 0 Å². The summed E-state index contributed by atoms with van der Waals surface area (Å²) in [5.41, 5.74) is 3.57. The molecule has 196 valence electrons. The largest absolute Gasteiger partial charge is 0.478 e. The van der Waals surface area contributed by atoms with Gasteiger partial charge >= 0.3 is 12.1 Å². The molecule has 2 heterocycles. The quantitative estimate of drug-likeness (QED) is 0.262.